The SMILES string of the molecule is C=c1s/c(=C\c2ccc(-c3ccc(Cl)cc3Cl)o2)c(=O)n1-c1cccc(C(F)(F)F)c1. The molecule has 0 saturated heterocycles. The van der Waals surface area contributed by atoms with Gasteiger partial charge >= 0.3 is 6.18 Å². The van der Waals surface area contributed by atoms with Gasteiger partial charge in [-0.25, -0.2) is 0 Å². The summed E-state index contributed by atoms with van der Waals surface area (Å²) in [5, 5.41) is 0.903. The lowest BCUT2D eigenvalue weighted by atomic mass is 10.2. The van der Waals surface area contributed by atoms with E-state index in [1.54, 1.807) is 30.3 Å². The van der Waals surface area contributed by atoms with E-state index in [2.05, 4.69) is 6.58 Å². The molecule has 2 aromatic heterocycles. The summed E-state index contributed by atoms with van der Waals surface area (Å²) in [5.41, 5.74) is -0.606. The van der Waals surface area contributed by atoms with Crippen LogP contribution in [-0.2, 0) is 6.18 Å². The lowest BCUT2D eigenvalue weighted by Gasteiger charge is -2.08. The highest BCUT2D eigenvalue weighted by Crippen LogP contribution is 2.32. The summed E-state index contributed by atoms with van der Waals surface area (Å²) in [7, 11) is 0. The summed E-state index contributed by atoms with van der Waals surface area (Å²) < 4.78 is 46.6. The third-order valence-electron chi connectivity index (χ3n) is 4.42. The number of benzene rings is 2. The van der Waals surface area contributed by atoms with Crippen LogP contribution in [0.25, 0.3) is 29.7 Å². The number of alkyl halides is 3. The maximum Gasteiger partial charge on any atom is 0.416 e. The predicted octanol–water partition coefficient (Wildman–Crippen LogP) is 5.72. The van der Waals surface area contributed by atoms with E-state index < -0.39 is 17.3 Å². The smallest absolute Gasteiger partial charge is 0.416 e. The highest BCUT2D eigenvalue weighted by molar-refractivity contribution is 7.07. The zero-order chi connectivity index (χ0) is 22.3. The maximum atomic E-state index is 13.0. The minimum Gasteiger partial charge on any atom is -0.457 e. The van der Waals surface area contributed by atoms with Gasteiger partial charge in [0.05, 0.1) is 25.5 Å². The van der Waals surface area contributed by atoms with Crippen LogP contribution < -0.4 is 14.8 Å². The Bertz CT molecular complexity index is 1450. The van der Waals surface area contributed by atoms with Crippen molar-refractivity contribution in [3.8, 4) is 17.0 Å². The van der Waals surface area contributed by atoms with Crippen LogP contribution in [-0.4, -0.2) is 4.57 Å². The molecule has 0 radical (unpaired) electrons. The van der Waals surface area contributed by atoms with Gasteiger partial charge in [0.25, 0.3) is 5.56 Å². The Kier molecular flexibility index (Phi) is 5.60. The van der Waals surface area contributed by atoms with E-state index in [1.165, 1.54) is 18.2 Å². The third kappa shape index (κ3) is 4.35. The van der Waals surface area contributed by atoms with Crippen LogP contribution in [0.5, 0.6) is 0 Å². The number of halogens is 5. The van der Waals surface area contributed by atoms with E-state index in [9.17, 15) is 18.0 Å². The zero-order valence-corrected chi connectivity index (χ0v) is 17.9. The molecule has 0 bridgehead atoms. The summed E-state index contributed by atoms with van der Waals surface area (Å²) in [6.45, 7) is 3.80. The van der Waals surface area contributed by atoms with Crippen molar-refractivity contribution in [3.05, 3.63) is 95.5 Å². The van der Waals surface area contributed by atoms with E-state index in [1.807, 2.05) is 0 Å². The molecule has 0 saturated carbocycles. The fraction of sp³-hybridized carbons (Fsp3) is 0.0455. The van der Waals surface area contributed by atoms with E-state index in [4.69, 9.17) is 27.6 Å². The van der Waals surface area contributed by atoms with Crippen molar-refractivity contribution in [1.29, 1.82) is 0 Å². The van der Waals surface area contributed by atoms with Crippen LogP contribution in [0.1, 0.15) is 11.3 Å². The molecule has 0 unspecified atom stereocenters. The van der Waals surface area contributed by atoms with Crippen LogP contribution in [0.15, 0.2) is 63.8 Å². The predicted molar refractivity (Wildman–Crippen MR) is 117 cm³/mol. The van der Waals surface area contributed by atoms with Crippen molar-refractivity contribution >= 4 is 47.2 Å². The van der Waals surface area contributed by atoms with Gasteiger partial charge in [-0.05, 0) is 48.5 Å². The summed E-state index contributed by atoms with van der Waals surface area (Å²) in [6, 6.07) is 12.9. The Morgan fingerprint density at radius 1 is 1.06 bits per heavy atom. The number of rotatable bonds is 3. The molecule has 0 spiro atoms. The highest BCUT2D eigenvalue weighted by atomic mass is 35.5. The largest absolute Gasteiger partial charge is 0.457 e. The van der Waals surface area contributed by atoms with Gasteiger partial charge in [0.2, 0.25) is 0 Å². The van der Waals surface area contributed by atoms with E-state index in [0.29, 0.717) is 31.8 Å². The minimum absolute atomic E-state index is 0.0915. The number of furan rings is 1. The Balaban J connectivity index is 1.76. The quantitative estimate of drug-likeness (QED) is 0.374. The molecule has 4 aromatic rings. The van der Waals surface area contributed by atoms with Crippen molar-refractivity contribution in [2.75, 3.05) is 0 Å². The lowest BCUT2D eigenvalue weighted by Crippen LogP contribution is -2.29. The van der Waals surface area contributed by atoms with Gasteiger partial charge in [-0.1, -0.05) is 35.8 Å². The number of aromatic nitrogens is 1. The molecule has 0 atom stereocenters. The molecule has 9 heteroatoms. The first-order valence-corrected chi connectivity index (χ1v) is 10.4. The Hall–Kier alpha value is -2.74. The molecule has 2 aromatic carbocycles. The van der Waals surface area contributed by atoms with Gasteiger partial charge in [0, 0.05) is 16.7 Å². The Morgan fingerprint density at radius 3 is 2.55 bits per heavy atom. The molecule has 4 rings (SSSR count). The van der Waals surface area contributed by atoms with Crippen molar-refractivity contribution in [2.24, 2.45) is 0 Å². The average Bonchev–Trinajstić information content (AvgIpc) is 3.26. The fourth-order valence-corrected chi connectivity index (χ4v) is 4.40. The van der Waals surface area contributed by atoms with Crippen molar-refractivity contribution < 1.29 is 17.6 Å². The summed E-state index contributed by atoms with van der Waals surface area (Å²) in [6.07, 6.45) is -3.00. The van der Waals surface area contributed by atoms with Crippen LogP contribution >= 0.6 is 34.5 Å². The topological polar surface area (TPSA) is 35.1 Å². The fourth-order valence-electron chi connectivity index (χ4n) is 3.01. The van der Waals surface area contributed by atoms with Gasteiger partial charge < -0.3 is 4.42 Å². The number of thiazole rings is 1. The van der Waals surface area contributed by atoms with Crippen LogP contribution in [0.3, 0.4) is 0 Å². The second-order valence-electron chi connectivity index (χ2n) is 6.52. The number of hydrogen-bond donors (Lipinski definition) is 0. The first kappa shape index (κ1) is 21.5. The number of hydrogen-bond acceptors (Lipinski definition) is 3. The van der Waals surface area contributed by atoms with Gasteiger partial charge in [0.15, 0.2) is 0 Å². The standard InChI is InChI=1S/C22H12Cl2F3NO2S/c1-12-28(15-4-2-3-13(9-15)22(25,26)27)21(29)20(31-12)11-16-6-8-19(30-16)17-7-5-14(23)10-18(17)24/h2-11H,1H2/b20-11-. The van der Waals surface area contributed by atoms with Crippen LogP contribution in [0.4, 0.5) is 13.2 Å². The summed E-state index contributed by atoms with van der Waals surface area (Å²) in [5.74, 6) is 0.869. The second kappa shape index (κ2) is 8.07. The molecule has 0 aliphatic carbocycles. The molecule has 0 amide bonds. The zero-order valence-electron chi connectivity index (χ0n) is 15.5. The molecular formula is C22H12Cl2F3NO2S. The van der Waals surface area contributed by atoms with Crippen molar-refractivity contribution in [1.82, 2.24) is 4.57 Å². The Morgan fingerprint density at radius 2 is 1.84 bits per heavy atom. The van der Waals surface area contributed by atoms with Crippen molar-refractivity contribution in [3.63, 3.8) is 0 Å². The molecule has 0 fully saturated rings. The molecular weight excluding hydrogens is 470 g/mol. The third-order valence-corrected chi connectivity index (χ3v) is 5.90. The molecule has 2 heterocycles. The minimum atomic E-state index is -4.51. The first-order chi connectivity index (χ1) is 14.6. The van der Waals surface area contributed by atoms with Gasteiger partial charge in [-0.2, -0.15) is 13.2 Å². The first-order valence-electron chi connectivity index (χ1n) is 8.79. The summed E-state index contributed by atoms with van der Waals surface area (Å²) >= 11 is 13.2. The lowest BCUT2D eigenvalue weighted by molar-refractivity contribution is -0.137. The van der Waals surface area contributed by atoms with Crippen molar-refractivity contribution in [2.45, 2.75) is 6.18 Å². The van der Waals surface area contributed by atoms with E-state index in [-0.39, 0.29) is 10.2 Å². The number of nitrogens with zero attached hydrogens (tertiary/aromatic N) is 1. The van der Waals surface area contributed by atoms with Gasteiger partial charge in [-0.15, -0.1) is 11.3 Å². The monoisotopic (exact) mass is 481 g/mol. The summed E-state index contributed by atoms with van der Waals surface area (Å²) in [4.78, 5) is 12.9. The van der Waals surface area contributed by atoms with Crippen LogP contribution in [0, 0.1) is 0 Å². The second-order valence-corrected chi connectivity index (χ2v) is 8.48. The van der Waals surface area contributed by atoms with Gasteiger partial charge in [0.1, 0.15) is 11.5 Å². The van der Waals surface area contributed by atoms with Gasteiger partial charge in [-0.3, -0.25) is 9.36 Å². The molecule has 158 valence electrons. The normalized spacial score (nSPS) is 12.5. The molecule has 31 heavy (non-hydrogen) atoms. The molecule has 0 aliphatic rings. The molecule has 0 N–H and O–H groups in total. The molecule has 0 aliphatic heterocycles. The highest BCUT2D eigenvalue weighted by Gasteiger charge is 2.30. The van der Waals surface area contributed by atoms with E-state index >= 15 is 0 Å². The maximum absolute atomic E-state index is 13.0. The molecule has 3 nitrogen and oxygen atoms in total. The Labute approximate surface area is 187 Å². The average molecular weight is 482 g/mol. The van der Waals surface area contributed by atoms with E-state index in [0.717, 1.165) is 28.0 Å². The van der Waals surface area contributed by atoms with Crippen LogP contribution in [0.2, 0.25) is 10.0 Å².